The van der Waals surface area contributed by atoms with Gasteiger partial charge in [-0.1, -0.05) is 0 Å². The normalized spacial score (nSPS) is 19.7. The predicted octanol–water partition coefficient (Wildman–Crippen LogP) is 3.68. The number of rotatable bonds is 4. The topological polar surface area (TPSA) is 69.6 Å². The third kappa shape index (κ3) is 7.15. The molecule has 2 atom stereocenters. The fourth-order valence-corrected chi connectivity index (χ4v) is 2.86. The molecule has 30 heavy (non-hydrogen) atoms. The average Bonchev–Trinajstić information content (AvgIpc) is 2.63. The lowest BCUT2D eigenvalue weighted by Gasteiger charge is -2.34. The highest BCUT2D eigenvalue weighted by atomic mass is 19.4. The molecule has 2 rings (SSSR count). The molecule has 1 aliphatic carbocycles. The van der Waals surface area contributed by atoms with Gasteiger partial charge in [0.2, 0.25) is 0 Å². The maximum atomic E-state index is 14.2. The van der Waals surface area contributed by atoms with Crippen molar-refractivity contribution < 1.29 is 45.4 Å². The van der Waals surface area contributed by atoms with Gasteiger partial charge in [-0.15, -0.1) is 0 Å². The minimum Gasteiger partial charge on any atom is -0.475 e. The first-order chi connectivity index (χ1) is 13.7. The average molecular weight is 446 g/mol. The zero-order valence-corrected chi connectivity index (χ0v) is 16.1. The van der Waals surface area contributed by atoms with Crippen LogP contribution < -0.4 is 5.32 Å². The number of benzene rings is 1. The lowest BCUT2D eigenvalue weighted by Crippen LogP contribution is -2.48. The highest BCUT2D eigenvalue weighted by Crippen LogP contribution is 2.30. The van der Waals surface area contributed by atoms with Crippen molar-refractivity contribution in [3.63, 3.8) is 0 Å². The van der Waals surface area contributed by atoms with Gasteiger partial charge in [0.25, 0.3) is 5.91 Å². The van der Waals surface area contributed by atoms with Gasteiger partial charge < -0.3 is 15.3 Å². The Morgan fingerprint density at radius 3 is 2.10 bits per heavy atom. The van der Waals surface area contributed by atoms with Crippen molar-refractivity contribution in [2.24, 2.45) is 0 Å². The van der Waals surface area contributed by atoms with Gasteiger partial charge in [-0.3, -0.25) is 4.79 Å². The van der Waals surface area contributed by atoms with Gasteiger partial charge in [0.15, 0.2) is 11.6 Å². The van der Waals surface area contributed by atoms with Gasteiger partial charge in [0, 0.05) is 17.6 Å². The summed E-state index contributed by atoms with van der Waals surface area (Å²) in [5, 5.41) is 9.47. The van der Waals surface area contributed by atoms with Gasteiger partial charge in [0.1, 0.15) is 0 Å². The van der Waals surface area contributed by atoms with E-state index in [0.29, 0.717) is 25.0 Å². The number of carbonyl (C=O) groups excluding carboxylic acids is 1. The van der Waals surface area contributed by atoms with E-state index in [2.05, 4.69) is 5.32 Å². The Morgan fingerprint density at radius 1 is 1.07 bits per heavy atom. The summed E-state index contributed by atoms with van der Waals surface area (Å²) in [5.74, 6) is -10.8. The molecular formula is C18H21F7N2O3. The van der Waals surface area contributed by atoms with Crippen molar-refractivity contribution in [2.45, 2.75) is 49.9 Å². The van der Waals surface area contributed by atoms with E-state index in [4.69, 9.17) is 9.90 Å². The van der Waals surface area contributed by atoms with E-state index in [1.54, 1.807) is 0 Å². The standard InChI is InChI=1S/C16H20F4N2O.C2HF3O2/c1-22(2)12-5-3-4-11(9-12)21-15(23)16(19,20)10-6-7-13(17)14(18)8-10;3-2(4,5)1(6)7/h6-8,11-12H,3-5,9H2,1-2H3,(H,21,23);(H,6,7). The van der Waals surface area contributed by atoms with Crippen molar-refractivity contribution in [1.82, 2.24) is 10.2 Å². The first-order valence-electron chi connectivity index (χ1n) is 8.77. The van der Waals surface area contributed by atoms with Gasteiger partial charge in [0.05, 0.1) is 0 Å². The molecule has 0 radical (unpaired) electrons. The van der Waals surface area contributed by atoms with Crippen LogP contribution in [0.1, 0.15) is 31.2 Å². The van der Waals surface area contributed by atoms with Gasteiger partial charge >= 0.3 is 18.1 Å². The molecule has 1 aliphatic rings. The number of halogens is 7. The molecule has 1 amide bonds. The number of amides is 1. The second-order valence-electron chi connectivity index (χ2n) is 6.96. The molecule has 1 aromatic rings. The molecule has 0 aliphatic heterocycles. The number of carboxylic acids is 1. The van der Waals surface area contributed by atoms with Crippen molar-refractivity contribution >= 4 is 11.9 Å². The Bertz CT molecular complexity index is 754. The van der Waals surface area contributed by atoms with E-state index >= 15 is 0 Å². The summed E-state index contributed by atoms with van der Waals surface area (Å²) in [6.45, 7) is 0. The maximum Gasteiger partial charge on any atom is 0.490 e. The monoisotopic (exact) mass is 446 g/mol. The lowest BCUT2D eigenvalue weighted by molar-refractivity contribution is -0.192. The predicted molar refractivity (Wildman–Crippen MR) is 91.8 cm³/mol. The van der Waals surface area contributed by atoms with Crippen LogP contribution in [-0.2, 0) is 15.5 Å². The summed E-state index contributed by atoms with van der Waals surface area (Å²) < 4.78 is 86.0. The van der Waals surface area contributed by atoms with Crippen molar-refractivity contribution in [3.05, 3.63) is 35.4 Å². The highest BCUT2D eigenvalue weighted by Gasteiger charge is 2.42. The molecule has 12 heteroatoms. The Kier molecular flexibility index (Phi) is 8.64. The number of carboxylic acid groups (broad SMARTS) is 1. The molecule has 1 saturated carbocycles. The molecule has 5 nitrogen and oxygen atoms in total. The van der Waals surface area contributed by atoms with E-state index < -0.39 is 41.2 Å². The molecule has 0 aromatic heterocycles. The molecule has 2 N–H and O–H groups in total. The van der Waals surface area contributed by atoms with Crippen LogP contribution in [0.15, 0.2) is 18.2 Å². The van der Waals surface area contributed by atoms with Crippen LogP contribution in [0, 0.1) is 11.6 Å². The number of nitrogens with one attached hydrogen (secondary N) is 1. The molecule has 0 saturated heterocycles. The minimum absolute atomic E-state index is 0.228. The molecule has 0 heterocycles. The Hall–Kier alpha value is -2.37. The van der Waals surface area contributed by atoms with Crippen LogP contribution in [0.2, 0.25) is 0 Å². The number of hydrogen-bond acceptors (Lipinski definition) is 3. The van der Waals surface area contributed by atoms with Crippen molar-refractivity contribution in [3.8, 4) is 0 Å². The zero-order chi connectivity index (χ0) is 23.3. The zero-order valence-electron chi connectivity index (χ0n) is 16.1. The molecule has 0 bridgehead atoms. The SMILES string of the molecule is CN(C)C1CCCC(NC(=O)C(F)(F)c2ccc(F)c(F)c2)C1.O=C(O)C(F)(F)F. The first-order valence-corrected chi connectivity index (χ1v) is 8.77. The minimum atomic E-state index is -5.08. The fourth-order valence-electron chi connectivity index (χ4n) is 2.86. The van der Waals surface area contributed by atoms with Crippen LogP contribution >= 0.6 is 0 Å². The summed E-state index contributed by atoms with van der Waals surface area (Å²) in [6, 6.07) is 1.56. The number of nitrogens with zero attached hydrogens (tertiary/aromatic N) is 1. The Labute approximate surface area is 167 Å². The van der Waals surface area contributed by atoms with Crippen LogP contribution in [-0.4, -0.2) is 54.2 Å². The third-order valence-electron chi connectivity index (χ3n) is 4.52. The lowest BCUT2D eigenvalue weighted by atomic mass is 9.90. The van der Waals surface area contributed by atoms with Crippen LogP contribution in [0.4, 0.5) is 30.7 Å². The van der Waals surface area contributed by atoms with E-state index in [-0.39, 0.29) is 12.1 Å². The number of carbonyl (C=O) groups is 2. The fraction of sp³-hybridized carbons (Fsp3) is 0.556. The summed E-state index contributed by atoms with van der Waals surface area (Å²) >= 11 is 0. The second-order valence-corrected chi connectivity index (χ2v) is 6.96. The summed E-state index contributed by atoms with van der Waals surface area (Å²) in [4.78, 5) is 22.8. The summed E-state index contributed by atoms with van der Waals surface area (Å²) in [5.41, 5.74) is -0.853. The number of alkyl halides is 5. The van der Waals surface area contributed by atoms with Crippen molar-refractivity contribution in [2.75, 3.05) is 14.1 Å². The van der Waals surface area contributed by atoms with Crippen molar-refractivity contribution in [1.29, 1.82) is 0 Å². The van der Waals surface area contributed by atoms with E-state index in [9.17, 15) is 35.5 Å². The molecule has 1 fully saturated rings. The Morgan fingerprint density at radius 2 is 1.63 bits per heavy atom. The number of aliphatic carboxylic acids is 1. The largest absolute Gasteiger partial charge is 0.490 e. The van der Waals surface area contributed by atoms with E-state index in [1.807, 2.05) is 19.0 Å². The van der Waals surface area contributed by atoms with Crippen LogP contribution in [0.25, 0.3) is 0 Å². The molecular weight excluding hydrogens is 425 g/mol. The number of hydrogen-bond donors (Lipinski definition) is 2. The maximum absolute atomic E-state index is 14.2. The quantitative estimate of drug-likeness (QED) is 0.693. The van der Waals surface area contributed by atoms with Gasteiger partial charge in [-0.2, -0.15) is 22.0 Å². The second kappa shape index (κ2) is 10.1. The third-order valence-corrected chi connectivity index (χ3v) is 4.52. The summed E-state index contributed by atoms with van der Waals surface area (Å²) in [6.07, 6.45) is -2.07. The van der Waals surface area contributed by atoms with E-state index in [0.717, 1.165) is 18.9 Å². The Balaban J connectivity index is 0.000000553. The molecule has 170 valence electrons. The highest BCUT2D eigenvalue weighted by molar-refractivity contribution is 5.85. The van der Waals surface area contributed by atoms with Crippen LogP contribution in [0.3, 0.4) is 0 Å². The smallest absolute Gasteiger partial charge is 0.475 e. The van der Waals surface area contributed by atoms with Gasteiger partial charge in [-0.25, -0.2) is 13.6 Å². The molecule has 0 spiro atoms. The molecule has 1 aromatic carbocycles. The van der Waals surface area contributed by atoms with E-state index in [1.165, 1.54) is 0 Å². The van der Waals surface area contributed by atoms with Crippen LogP contribution in [0.5, 0.6) is 0 Å². The van der Waals surface area contributed by atoms with Gasteiger partial charge in [-0.05, 0) is 58.0 Å². The summed E-state index contributed by atoms with van der Waals surface area (Å²) in [7, 11) is 3.82. The first kappa shape index (κ1) is 25.7. The molecule has 2 unspecified atom stereocenters.